The number of esters is 1. The average Bonchev–Trinajstić information content (AvgIpc) is 2.89. The van der Waals surface area contributed by atoms with Crippen LogP contribution in [0.15, 0.2) is 72.9 Å². The van der Waals surface area contributed by atoms with E-state index >= 15 is 0 Å². The Morgan fingerprint density at radius 2 is 1.71 bits per heavy atom. The van der Waals surface area contributed by atoms with Crippen LogP contribution in [0.1, 0.15) is 27.5 Å². The zero-order chi connectivity index (χ0) is 23.9. The SMILES string of the molecule is COC(=O)C(c1ccccc1Cl)N1CCN(C(=O)c2ccnc(OCc3ccccc3)c2)CC1. The summed E-state index contributed by atoms with van der Waals surface area (Å²) in [5, 5.41) is 0.510. The van der Waals surface area contributed by atoms with E-state index in [1.165, 1.54) is 7.11 Å². The molecule has 34 heavy (non-hydrogen) atoms. The zero-order valence-corrected chi connectivity index (χ0v) is 19.6. The molecule has 0 saturated carbocycles. The monoisotopic (exact) mass is 479 g/mol. The quantitative estimate of drug-likeness (QED) is 0.477. The molecule has 2 aromatic carbocycles. The number of rotatable bonds is 7. The van der Waals surface area contributed by atoms with E-state index in [4.69, 9.17) is 21.1 Å². The predicted molar refractivity (Wildman–Crippen MR) is 129 cm³/mol. The molecule has 1 aliphatic heterocycles. The number of aromatic nitrogens is 1. The van der Waals surface area contributed by atoms with Gasteiger partial charge >= 0.3 is 5.97 Å². The third kappa shape index (κ3) is 5.55. The molecule has 7 nitrogen and oxygen atoms in total. The Balaban J connectivity index is 1.40. The first-order valence-electron chi connectivity index (χ1n) is 11.0. The van der Waals surface area contributed by atoms with Crippen molar-refractivity contribution < 1.29 is 19.1 Å². The van der Waals surface area contributed by atoms with Gasteiger partial charge in [0.05, 0.1) is 7.11 Å². The number of benzene rings is 2. The fourth-order valence-electron chi connectivity index (χ4n) is 4.00. The minimum Gasteiger partial charge on any atom is -0.473 e. The van der Waals surface area contributed by atoms with E-state index in [2.05, 4.69) is 4.98 Å². The second kappa shape index (κ2) is 11.1. The highest BCUT2D eigenvalue weighted by atomic mass is 35.5. The molecule has 1 amide bonds. The van der Waals surface area contributed by atoms with Crippen LogP contribution < -0.4 is 4.74 Å². The van der Waals surface area contributed by atoms with Crippen LogP contribution in [-0.2, 0) is 16.1 Å². The van der Waals surface area contributed by atoms with Crippen LogP contribution in [0.4, 0.5) is 0 Å². The summed E-state index contributed by atoms with van der Waals surface area (Å²) >= 11 is 6.36. The summed E-state index contributed by atoms with van der Waals surface area (Å²) < 4.78 is 10.8. The molecule has 4 rings (SSSR count). The van der Waals surface area contributed by atoms with Crippen LogP contribution in [0.25, 0.3) is 0 Å². The van der Waals surface area contributed by atoms with Crippen LogP contribution in [0.3, 0.4) is 0 Å². The number of nitrogens with zero attached hydrogens (tertiary/aromatic N) is 3. The molecule has 1 aromatic heterocycles. The van der Waals surface area contributed by atoms with Gasteiger partial charge in [-0.2, -0.15) is 0 Å². The molecule has 0 N–H and O–H groups in total. The van der Waals surface area contributed by atoms with Gasteiger partial charge in [0, 0.05) is 49.0 Å². The van der Waals surface area contributed by atoms with Gasteiger partial charge in [-0.25, -0.2) is 9.78 Å². The third-order valence-corrected chi connectivity index (χ3v) is 6.15. The summed E-state index contributed by atoms with van der Waals surface area (Å²) in [6, 6.07) is 19.8. The fraction of sp³-hybridized carbons (Fsp3) is 0.269. The normalized spacial score (nSPS) is 14.9. The van der Waals surface area contributed by atoms with Crippen molar-refractivity contribution in [1.82, 2.24) is 14.8 Å². The lowest BCUT2D eigenvalue weighted by atomic mass is 10.0. The van der Waals surface area contributed by atoms with Gasteiger partial charge in [-0.05, 0) is 23.3 Å². The molecule has 2 heterocycles. The van der Waals surface area contributed by atoms with Crippen molar-refractivity contribution >= 4 is 23.5 Å². The number of methoxy groups -OCH3 is 1. The van der Waals surface area contributed by atoms with Crippen molar-refractivity contribution in [2.45, 2.75) is 12.6 Å². The number of carbonyl (C=O) groups is 2. The molecule has 3 aromatic rings. The van der Waals surface area contributed by atoms with E-state index in [-0.39, 0.29) is 11.9 Å². The molecule has 8 heteroatoms. The molecule has 1 saturated heterocycles. The Morgan fingerprint density at radius 3 is 2.41 bits per heavy atom. The van der Waals surface area contributed by atoms with Gasteiger partial charge in [-0.1, -0.05) is 60.1 Å². The van der Waals surface area contributed by atoms with Crippen molar-refractivity contribution in [2.75, 3.05) is 33.3 Å². The van der Waals surface area contributed by atoms with Crippen LogP contribution in [0.2, 0.25) is 5.02 Å². The molecule has 1 unspecified atom stereocenters. The molecular weight excluding hydrogens is 454 g/mol. The summed E-state index contributed by atoms with van der Waals surface area (Å²) in [5.41, 5.74) is 2.24. The number of piperazine rings is 1. The van der Waals surface area contributed by atoms with Crippen LogP contribution in [0.5, 0.6) is 5.88 Å². The highest BCUT2D eigenvalue weighted by molar-refractivity contribution is 6.31. The molecule has 0 spiro atoms. The summed E-state index contributed by atoms with van der Waals surface area (Å²) in [5.74, 6) is -0.0704. The van der Waals surface area contributed by atoms with E-state index in [1.807, 2.05) is 53.4 Å². The summed E-state index contributed by atoms with van der Waals surface area (Å²) in [6.07, 6.45) is 1.58. The maximum absolute atomic E-state index is 13.1. The predicted octanol–water partition coefficient (Wildman–Crippen LogP) is 3.99. The molecular formula is C26H26ClN3O4. The van der Waals surface area contributed by atoms with E-state index in [0.29, 0.717) is 54.8 Å². The molecule has 0 aliphatic carbocycles. The number of ether oxygens (including phenoxy) is 2. The summed E-state index contributed by atoms with van der Waals surface area (Å²) in [6.45, 7) is 2.35. The Bertz CT molecular complexity index is 1130. The molecule has 1 aliphatic rings. The Kier molecular flexibility index (Phi) is 7.77. The first-order chi connectivity index (χ1) is 16.6. The molecule has 0 radical (unpaired) electrons. The topological polar surface area (TPSA) is 72.0 Å². The van der Waals surface area contributed by atoms with Gasteiger partial charge in [0.15, 0.2) is 0 Å². The molecule has 1 fully saturated rings. The van der Waals surface area contributed by atoms with Gasteiger partial charge < -0.3 is 14.4 Å². The number of halogens is 1. The van der Waals surface area contributed by atoms with Gasteiger partial charge in [0.1, 0.15) is 12.6 Å². The first kappa shape index (κ1) is 23.7. The second-order valence-electron chi connectivity index (χ2n) is 7.93. The summed E-state index contributed by atoms with van der Waals surface area (Å²) in [7, 11) is 1.37. The highest BCUT2D eigenvalue weighted by Gasteiger charge is 2.33. The molecule has 0 bridgehead atoms. The van der Waals surface area contributed by atoms with E-state index < -0.39 is 6.04 Å². The van der Waals surface area contributed by atoms with E-state index in [9.17, 15) is 9.59 Å². The number of amides is 1. The van der Waals surface area contributed by atoms with Crippen molar-refractivity contribution in [3.05, 3.63) is 94.6 Å². The smallest absolute Gasteiger partial charge is 0.327 e. The maximum Gasteiger partial charge on any atom is 0.327 e. The lowest BCUT2D eigenvalue weighted by molar-refractivity contribution is -0.148. The van der Waals surface area contributed by atoms with Crippen molar-refractivity contribution in [3.63, 3.8) is 0 Å². The second-order valence-corrected chi connectivity index (χ2v) is 8.34. The van der Waals surface area contributed by atoms with Crippen molar-refractivity contribution in [3.8, 4) is 5.88 Å². The standard InChI is InChI=1S/C26H26ClN3O4/c1-33-26(32)24(21-9-5-6-10-22(21)27)29-13-15-30(16-14-29)25(31)20-11-12-28-23(17-20)34-18-19-7-3-2-4-8-19/h2-12,17,24H,13-16,18H2,1H3. The largest absolute Gasteiger partial charge is 0.473 e. The van der Waals surface area contributed by atoms with Crippen molar-refractivity contribution in [1.29, 1.82) is 0 Å². The van der Waals surface area contributed by atoms with Gasteiger partial charge in [-0.15, -0.1) is 0 Å². The van der Waals surface area contributed by atoms with Gasteiger partial charge in [-0.3, -0.25) is 9.69 Å². The van der Waals surface area contributed by atoms with Crippen LogP contribution in [-0.4, -0.2) is 59.9 Å². The lowest BCUT2D eigenvalue weighted by Gasteiger charge is -2.38. The van der Waals surface area contributed by atoms with E-state index in [0.717, 1.165) is 5.56 Å². The Morgan fingerprint density at radius 1 is 1.00 bits per heavy atom. The molecule has 1 atom stereocenters. The minimum absolute atomic E-state index is 0.0982. The number of hydrogen-bond acceptors (Lipinski definition) is 6. The van der Waals surface area contributed by atoms with E-state index in [1.54, 1.807) is 29.3 Å². The van der Waals surface area contributed by atoms with Crippen molar-refractivity contribution in [2.24, 2.45) is 0 Å². The van der Waals surface area contributed by atoms with Crippen LogP contribution in [0, 0.1) is 0 Å². The highest BCUT2D eigenvalue weighted by Crippen LogP contribution is 2.29. The zero-order valence-electron chi connectivity index (χ0n) is 18.9. The maximum atomic E-state index is 13.1. The molecule has 176 valence electrons. The van der Waals surface area contributed by atoms with Gasteiger partial charge in [0.2, 0.25) is 5.88 Å². The Hall–Kier alpha value is -3.42. The fourth-order valence-corrected chi connectivity index (χ4v) is 4.24. The average molecular weight is 480 g/mol. The minimum atomic E-state index is -0.616. The summed E-state index contributed by atoms with van der Waals surface area (Å²) in [4.78, 5) is 33.7. The Labute approximate surface area is 203 Å². The number of pyridine rings is 1. The lowest BCUT2D eigenvalue weighted by Crippen LogP contribution is -2.51. The number of carbonyl (C=O) groups excluding carboxylic acids is 2. The van der Waals surface area contributed by atoms with Gasteiger partial charge in [0.25, 0.3) is 5.91 Å². The third-order valence-electron chi connectivity index (χ3n) is 5.80. The number of hydrogen-bond donors (Lipinski definition) is 0. The van der Waals surface area contributed by atoms with Crippen LogP contribution >= 0.6 is 11.6 Å². The first-order valence-corrected chi connectivity index (χ1v) is 11.4.